The van der Waals surface area contributed by atoms with Crippen molar-refractivity contribution in [2.75, 3.05) is 7.11 Å². The van der Waals surface area contributed by atoms with Crippen molar-refractivity contribution in [3.8, 4) is 5.75 Å². The van der Waals surface area contributed by atoms with Crippen molar-refractivity contribution < 1.29 is 14.3 Å². The molecule has 0 bridgehead atoms. The SMILES string of the molecule is COc1ccc2cc3n(c2c1)C[C@@](C(=O)NC1CCCCCC1)(c1ccccc1)N(Cc1ccccc1Br)C3=O. The van der Waals surface area contributed by atoms with E-state index >= 15 is 0 Å². The fourth-order valence-corrected chi connectivity index (χ4v) is 6.76. The second-order valence-electron chi connectivity index (χ2n) is 10.9. The van der Waals surface area contributed by atoms with Crippen molar-refractivity contribution in [3.63, 3.8) is 0 Å². The largest absolute Gasteiger partial charge is 0.497 e. The number of ether oxygens (including phenoxy) is 1. The number of carbonyl (C=O) groups excluding carboxylic acids is 2. The van der Waals surface area contributed by atoms with E-state index in [0.29, 0.717) is 18.0 Å². The summed E-state index contributed by atoms with van der Waals surface area (Å²) in [4.78, 5) is 31.1. The average molecular weight is 601 g/mol. The quantitative estimate of drug-likeness (QED) is 0.248. The monoisotopic (exact) mass is 599 g/mol. The zero-order chi connectivity index (χ0) is 27.7. The highest BCUT2D eigenvalue weighted by Crippen LogP contribution is 2.41. The Bertz CT molecular complexity index is 1540. The molecule has 0 unspecified atom stereocenters. The first-order valence-corrected chi connectivity index (χ1v) is 14.9. The normalized spacial score (nSPS) is 19.8. The van der Waals surface area contributed by atoms with Gasteiger partial charge in [-0.25, -0.2) is 0 Å². The van der Waals surface area contributed by atoms with Gasteiger partial charge in [-0.1, -0.05) is 90.1 Å². The highest BCUT2D eigenvalue weighted by atomic mass is 79.9. The average Bonchev–Trinajstić information content (AvgIpc) is 3.14. The van der Waals surface area contributed by atoms with Gasteiger partial charge in [0.1, 0.15) is 11.4 Å². The summed E-state index contributed by atoms with van der Waals surface area (Å²) in [6.45, 7) is 0.593. The lowest BCUT2D eigenvalue weighted by atomic mass is 9.83. The number of halogens is 1. The van der Waals surface area contributed by atoms with Crippen LogP contribution < -0.4 is 10.1 Å². The first kappa shape index (κ1) is 26.6. The van der Waals surface area contributed by atoms with Crippen molar-refractivity contribution in [3.05, 3.63) is 100 Å². The summed E-state index contributed by atoms with van der Waals surface area (Å²) in [6, 6.07) is 25.6. The van der Waals surface area contributed by atoms with Crippen LogP contribution >= 0.6 is 15.9 Å². The van der Waals surface area contributed by atoms with E-state index < -0.39 is 5.54 Å². The Kier molecular flexibility index (Phi) is 7.41. The lowest BCUT2D eigenvalue weighted by Crippen LogP contribution is -2.64. The van der Waals surface area contributed by atoms with Gasteiger partial charge in [0.05, 0.1) is 19.2 Å². The van der Waals surface area contributed by atoms with Crippen LogP contribution in [0.1, 0.15) is 60.1 Å². The Morgan fingerprint density at radius 1 is 0.975 bits per heavy atom. The molecule has 1 aromatic heterocycles. The molecular weight excluding hydrogens is 566 g/mol. The van der Waals surface area contributed by atoms with Crippen LogP contribution in [-0.4, -0.2) is 34.4 Å². The van der Waals surface area contributed by atoms with Crippen LogP contribution in [0.25, 0.3) is 10.9 Å². The van der Waals surface area contributed by atoms with E-state index in [-0.39, 0.29) is 24.4 Å². The number of benzene rings is 3. The van der Waals surface area contributed by atoms with Crippen LogP contribution in [0.2, 0.25) is 0 Å². The molecule has 0 spiro atoms. The van der Waals surface area contributed by atoms with Gasteiger partial charge in [-0.2, -0.15) is 0 Å². The lowest BCUT2D eigenvalue weighted by molar-refractivity contribution is -0.136. The molecule has 0 saturated heterocycles. The number of amides is 2. The minimum atomic E-state index is -1.25. The highest BCUT2D eigenvalue weighted by molar-refractivity contribution is 9.10. The van der Waals surface area contributed by atoms with E-state index in [0.717, 1.165) is 52.2 Å². The predicted octanol–water partition coefficient (Wildman–Crippen LogP) is 6.80. The van der Waals surface area contributed by atoms with E-state index in [2.05, 4.69) is 21.2 Å². The maximum atomic E-state index is 14.8. The number of hydrogen-bond donors (Lipinski definition) is 1. The van der Waals surface area contributed by atoms with E-state index in [1.807, 2.05) is 83.4 Å². The zero-order valence-electron chi connectivity index (χ0n) is 22.7. The molecule has 4 aromatic rings. The smallest absolute Gasteiger partial charge is 0.272 e. The molecule has 2 aliphatic rings. The van der Waals surface area contributed by atoms with Gasteiger partial charge in [0.15, 0.2) is 5.54 Å². The number of nitrogens with one attached hydrogen (secondary N) is 1. The van der Waals surface area contributed by atoms with Crippen molar-refractivity contribution in [1.29, 1.82) is 0 Å². The van der Waals surface area contributed by atoms with Crippen molar-refractivity contribution >= 4 is 38.6 Å². The molecule has 1 aliphatic heterocycles. The molecule has 1 N–H and O–H groups in total. The Morgan fingerprint density at radius 3 is 2.42 bits per heavy atom. The standard InChI is InChI=1S/C33H34BrN3O3/c1-40-27-18-17-23-19-30-31(38)37(21-24-11-9-10-16-28(24)34)33(22-36(30)29(23)20-27,25-12-5-4-6-13-25)32(39)35-26-14-7-2-3-8-15-26/h4-6,9-13,16-20,26H,2-3,7-8,14-15,21-22H2,1H3,(H,35,39)/t33-/m0/s1. The molecule has 1 aliphatic carbocycles. The predicted molar refractivity (Wildman–Crippen MR) is 160 cm³/mol. The minimum absolute atomic E-state index is 0.0962. The van der Waals surface area contributed by atoms with Crippen LogP contribution in [0.3, 0.4) is 0 Å². The third-order valence-electron chi connectivity index (χ3n) is 8.53. The number of nitrogens with zero attached hydrogens (tertiary/aromatic N) is 2. The Hall–Kier alpha value is -3.58. The number of aromatic nitrogens is 1. The summed E-state index contributed by atoms with van der Waals surface area (Å²) in [5.41, 5.74) is 1.96. The maximum Gasteiger partial charge on any atom is 0.272 e. The number of rotatable bonds is 6. The summed E-state index contributed by atoms with van der Waals surface area (Å²) in [5.74, 6) is 0.420. The second-order valence-corrected chi connectivity index (χ2v) is 11.8. The number of hydrogen-bond acceptors (Lipinski definition) is 3. The molecule has 0 radical (unpaired) electrons. The first-order valence-electron chi connectivity index (χ1n) is 14.1. The summed E-state index contributed by atoms with van der Waals surface area (Å²) >= 11 is 3.68. The van der Waals surface area contributed by atoms with Gasteiger partial charge in [0.2, 0.25) is 0 Å². The lowest BCUT2D eigenvalue weighted by Gasteiger charge is -2.47. The van der Waals surface area contributed by atoms with Gasteiger partial charge < -0.3 is 19.5 Å². The Balaban J connectivity index is 1.55. The highest BCUT2D eigenvalue weighted by Gasteiger charge is 2.53. The maximum absolute atomic E-state index is 14.8. The van der Waals surface area contributed by atoms with Crippen LogP contribution in [0.4, 0.5) is 0 Å². The number of methoxy groups -OCH3 is 1. The van der Waals surface area contributed by atoms with Gasteiger partial charge in [-0.3, -0.25) is 9.59 Å². The van der Waals surface area contributed by atoms with Gasteiger partial charge in [-0.05, 0) is 48.2 Å². The Labute approximate surface area is 243 Å². The minimum Gasteiger partial charge on any atom is -0.497 e. The topological polar surface area (TPSA) is 63.6 Å². The summed E-state index contributed by atoms with van der Waals surface area (Å²) in [5, 5.41) is 4.37. The van der Waals surface area contributed by atoms with Crippen molar-refractivity contribution in [1.82, 2.24) is 14.8 Å². The summed E-state index contributed by atoms with van der Waals surface area (Å²) < 4.78 is 8.44. The fraction of sp³-hybridized carbons (Fsp3) is 0.333. The van der Waals surface area contributed by atoms with Gasteiger partial charge in [0, 0.05) is 28.5 Å². The molecule has 3 aromatic carbocycles. The third kappa shape index (κ3) is 4.70. The van der Waals surface area contributed by atoms with Crippen LogP contribution in [0.15, 0.2) is 83.3 Å². The van der Waals surface area contributed by atoms with Crippen molar-refractivity contribution in [2.45, 2.75) is 63.2 Å². The molecule has 6 rings (SSSR count). The molecule has 206 valence electrons. The molecule has 1 saturated carbocycles. The van der Waals surface area contributed by atoms with Gasteiger partial charge in [0.25, 0.3) is 11.8 Å². The fourth-order valence-electron chi connectivity index (χ4n) is 6.35. The molecule has 6 nitrogen and oxygen atoms in total. The molecule has 2 amide bonds. The van der Waals surface area contributed by atoms with E-state index in [4.69, 9.17) is 4.74 Å². The Morgan fingerprint density at radius 2 is 1.70 bits per heavy atom. The van der Waals surface area contributed by atoms with Gasteiger partial charge >= 0.3 is 0 Å². The number of fused-ring (bicyclic) bond motifs is 3. The summed E-state index contributed by atoms with van der Waals surface area (Å²) in [6.07, 6.45) is 6.53. The van der Waals surface area contributed by atoms with Crippen LogP contribution in [-0.2, 0) is 23.4 Å². The molecule has 2 heterocycles. The zero-order valence-corrected chi connectivity index (χ0v) is 24.3. The molecule has 1 fully saturated rings. The molecule has 1 atom stereocenters. The molecular formula is C33H34BrN3O3. The number of carbonyl (C=O) groups is 2. The van der Waals surface area contributed by atoms with Gasteiger partial charge in [-0.15, -0.1) is 0 Å². The van der Waals surface area contributed by atoms with E-state index in [9.17, 15) is 9.59 Å². The van der Waals surface area contributed by atoms with E-state index in [1.165, 1.54) is 12.8 Å². The molecule has 7 heteroatoms. The second kappa shape index (κ2) is 11.1. The first-order chi connectivity index (χ1) is 19.5. The van der Waals surface area contributed by atoms with Crippen molar-refractivity contribution in [2.24, 2.45) is 0 Å². The van der Waals surface area contributed by atoms with E-state index in [1.54, 1.807) is 12.0 Å². The third-order valence-corrected chi connectivity index (χ3v) is 9.30. The van der Waals surface area contributed by atoms with Crippen LogP contribution in [0.5, 0.6) is 5.75 Å². The van der Waals surface area contributed by atoms with Crippen LogP contribution in [0, 0.1) is 0 Å². The molecule has 40 heavy (non-hydrogen) atoms. The summed E-state index contributed by atoms with van der Waals surface area (Å²) in [7, 11) is 1.64.